The van der Waals surface area contributed by atoms with Crippen LogP contribution in [0.4, 0.5) is 0 Å². The van der Waals surface area contributed by atoms with Gasteiger partial charge < -0.3 is 0 Å². The monoisotopic (exact) mass is 260 g/mol. The summed E-state index contributed by atoms with van der Waals surface area (Å²) in [5.74, 6) is -1.48. The van der Waals surface area contributed by atoms with Gasteiger partial charge in [-0.3, -0.25) is 9.59 Å². The predicted molar refractivity (Wildman–Crippen MR) is 71.0 cm³/mol. The van der Waals surface area contributed by atoms with Crippen molar-refractivity contribution in [1.29, 1.82) is 10.5 Å². The van der Waals surface area contributed by atoms with Crippen molar-refractivity contribution in [2.24, 2.45) is 0 Å². The van der Waals surface area contributed by atoms with Crippen LogP contribution in [-0.4, -0.2) is 11.6 Å². The fraction of sp³-hybridized carbons (Fsp3) is 0. The maximum absolute atomic E-state index is 12.2. The lowest BCUT2D eigenvalue weighted by molar-refractivity contribution is 0.0816. The summed E-state index contributed by atoms with van der Waals surface area (Å²) in [6.45, 7) is 0. The first kappa shape index (κ1) is 13.2. The van der Waals surface area contributed by atoms with Crippen molar-refractivity contribution in [3.8, 4) is 12.1 Å². The Morgan fingerprint density at radius 3 is 2.10 bits per heavy atom. The van der Waals surface area contributed by atoms with E-state index in [0.717, 1.165) is 0 Å². The van der Waals surface area contributed by atoms with Crippen molar-refractivity contribution < 1.29 is 9.59 Å². The largest absolute Gasteiger partial charge is 0.285 e. The quantitative estimate of drug-likeness (QED) is 0.627. The van der Waals surface area contributed by atoms with E-state index in [1.165, 1.54) is 30.3 Å². The minimum absolute atomic E-state index is 0.0413. The van der Waals surface area contributed by atoms with Crippen LogP contribution < -0.4 is 0 Å². The van der Waals surface area contributed by atoms with Crippen LogP contribution in [0, 0.1) is 22.7 Å². The van der Waals surface area contributed by atoms with Gasteiger partial charge in [-0.25, -0.2) is 0 Å². The molecule has 20 heavy (non-hydrogen) atoms. The molecule has 0 spiro atoms. The lowest BCUT2D eigenvalue weighted by Gasteiger charge is -2.04. The molecule has 0 amide bonds. The Labute approximate surface area is 115 Å². The lowest BCUT2D eigenvalue weighted by Crippen LogP contribution is -2.16. The molecule has 2 aromatic carbocycles. The second kappa shape index (κ2) is 5.60. The van der Waals surface area contributed by atoms with Gasteiger partial charge in [0.15, 0.2) is 0 Å². The Bertz CT molecular complexity index is 765. The molecule has 0 radical (unpaired) electrons. The molecule has 0 unspecified atom stereocenters. The van der Waals surface area contributed by atoms with Gasteiger partial charge in [-0.2, -0.15) is 10.5 Å². The lowest BCUT2D eigenvalue weighted by atomic mass is 9.95. The number of hydrogen-bond acceptors (Lipinski definition) is 4. The molecule has 0 aliphatic heterocycles. The molecule has 0 saturated carbocycles. The zero-order chi connectivity index (χ0) is 14.5. The maximum atomic E-state index is 12.2. The van der Waals surface area contributed by atoms with E-state index in [1.54, 1.807) is 24.3 Å². The average molecular weight is 260 g/mol. The van der Waals surface area contributed by atoms with Crippen molar-refractivity contribution in [3.63, 3.8) is 0 Å². The van der Waals surface area contributed by atoms with Gasteiger partial charge in [-0.1, -0.05) is 36.4 Å². The minimum Gasteiger partial charge on any atom is -0.285 e. The van der Waals surface area contributed by atoms with Crippen molar-refractivity contribution in [1.82, 2.24) is 0 Å². The highest BCUT2D eigenvalue weighted by molar-refractivity contribution is 6.49. The summed E-state index contributed by atoms with van der Waals surface area (Å²) >= 11 is 0. The molecule has 4 nitrogen and oxygen atoms in total. The van der Waals surface area contributed by atoms with Crippen LogP contribution in [0.1, 0.15) is 31.8 Å². The number of Topliss-reactive ketones (excluding diaryl/α,β-unsaturated/α-hetero) is 2. The molecule has 94 valence electrons. The molecule has 0 aromatic heterocycles. The Balaban J connectivity index is 2.49. The molecule has 0 aliphatic rings. The fourth-order valence-corrected chi connectivity index (χ4v) is 1.80. The standard InChI is InChI=1S/C16H8N2O2/c17-9-12-7-4-8-13(14(12)10-18)16(20)15(19)11-5-2-1-3-6-11/h1-8H. The highest BCUT2D eigenvalue weighted by atomic mass is 16.2. The van der Waals surface area contributed by atoms with Gasteiger partial charge in [0.2, 0.25) is 11.6 Å². The van der Waals surface area contributed by atoms with E-state index in [9.17, 15) is 9.59 Å². The van der Waals surface area contributed by atoms with Gasteiger partial charge >= 0.3 is 0 Å². The maximum Gasteiger partial charge on any atom is 0.234 e. The predicted octanol–water partition coefficient (Wildman–Crippen LogP) is 2.50. The van der Waals surface area contributed by atoms with Crippen molar-refractivity contribution in [2.45, 2.75) is 0 Å². The van der Waals surface area contributed by atoms with Gasteiger partial charge in [-0.15, -0.1) is 0 Å². The van der Waals surface area contributed by atoms with Gasteiger partial charge in [0.05, 0.1) is 11.1 Å². The molecular formula is C16H8N2O2. The number of benzene rings is 2. The van der Waals surface area contributed by atoms with Crippen molar-refractivity contribution in [3.05, 3.63) is 70.8 Å². The van der Waals surface area contributed by atoms with E-state index in [0.29, 0.717) is 0 Å². The normalized spacial score (nSPS) is 9.30. The smallest absolute Gasteiger partial charge is 0.234 e. The van der Waals surface area contributed by atoms with E-state index in [1.807, 2.05) is 6.07 Å². The molecule has 4 heteroatoms. The molecule has 0 aliphatic carbocycles. The molecular weight excluding hydrogens is 252 g/mol. The molecule has 0 saturated heterocycles. The third-order valence-corrected chi connectivity index (χ3v) is 2.78. The second-order valence-corrected chi connectivity index (χ2v) is 3.98. The SMILES string of the molecule is N#Cc1cccc(C(=O)C(=O)c2ccccc2)c1C#N. The highest BCUT2D eigenvalue weighted by Crippen LogP contribution is 2.16. The number of hydrogen-bond donors (Lipinski definition) is 0. The van der Waals surface area contributed by atoms with Crippen molar-refractivity contribution in [2.75, 3.05) is 0 Å². The van der Waals surface area contributed by atoms with Crippen LogP contribution in [0.3, 0.4) is 0 Å². The molecule has 0 heterocycles. The first-order chi connectivity index (χ1) is 9.69. The van der Waals surface area contributed by atoms with Crippen LogP contribution >= 0.6 is 0 Å². The van der Waals surface area contributed by atoms with E-state index < -0.39 is 11.6 Å². The minimum atomic E-state index is -0.787. The number of rotatable bonds is 3. The summed E-state index contributed by atoms with van der Waals surface area (Å²) in [5, 5.41) is 18.0. The van der Waals surface area contributed by atoms with Crippen LogP contribution in [-0.2, 0) is 0 Å². The Morgan fingerprint density at radius 2 is 1.50 bits per heavy atom. The number of carbonyl (C=O) groups is 2. The van der Waals surface area contributed by atoms with Crippen LogP contribution in [0.2, 0.25) is 0 Å². The molecule has 2 aromatic rings. The molecule has 0 N–H and O–H groups in total. The highest BCUT2D eigenvalue weighted by Gasteiger charge is 2.22. The van der Waals surface area contributed by atoms with Gasteiger partial charge in [-0.05, 0) is 12.1 Å². The number of nitriles is 2. The van der Waals surface area contributed by atoms with Crippen molar-refractivity contribution >= 4 is 11.6 Å². The van der Waals surface area contributed by atoms with E-state index >= 15 is 0 Å². The summed E-state index contributed by atoms with van der Waals surface area (Å²) in [7, 11) is 0. The average Bonchev–Trinajstić information content (AvgIpc) is 2.53. The summed E-state index contributed by atoms with van der Waals surface area (Å²) < 4.78 is 0. The summed E-state index contributed by atoms with van der Waals surface area (Å²) in [6, 6.07) is 16.0. The molecule has 2 rings (SSSR count). The van der Waals surface area contributed by atoms with Crippen LogP contribution in [0.5, 0.6) is 0 Å². The number of ketones is 2. The van der Waals surface area contributed by atoms with E-state index in [2.05, 4.69) is 0 Å². The molecule has 0 bridgehead atoms. The first-order valence-corrected chi connectivity index (χ1v) is 5.76. The van der Waals surface area contributed by atoms with E-state index in [-0.39, 0.29) is 22.3 Å². The third kappa shape index (κ3) is 2.31. The van der Waals surface area contributed by atoms with Crippen LogP contribution in [0.15, 0.2) is 48.5 Å². The molecule has 0 fully saturated rings. The number of nitrogens with zero attached hydrogens (tertiary/aromatic N) is 2. The Kier molecular flexibility index (Phi) is 3.70. The van der Waals surface area contributed by atoms with Gasteiger partial charge in [0.1, 0.15) is 12.1 Å². The summed E-state index contributed by atoms with van der Waals surface area (Å²) in [6.07, 6.45) is 0. The Morgan fingerprint density at radius 1 is 0.800 bits per heavy atom. The number of carbonyl (C=O) groups excluding carboxylic acids is 2. The van der Waals surface area contributed by atoms with E-state index in [4.69, 9.17) is 10.5 Å². The summed E-state index contributed by atoms with van der Waals surface area (Å²) in [4.78, 5) is 24.3. The topological polar surface area (TPSA) is 81.7 Å². The molecule has 0 atom stereocenters. The van der Waals surface area contributed by atoms with Gasteiger partial charge in [0.25, 0.3) is 0 Å². The van der Waals surface area contributed by atoms with Crippen LogP contribution in [0.25, 0.3) is 0 Å². The Hall–Kier alpha value is -3.24. The van der Waals surface area contributed by atoms with Gasteiger partial charge in [0, 0.05) is 11.1 Å². The zero-order valence-corrected chi connectivity index (χ0v) is 10.3. The zero-order valence-electron chi connectivity index (χ0n) is 10.3. The fourth-order valence-electron chi connectivity index (χ4n) is 1.80. The third-order valence-electron chi connectivity index (χ3n) is 2.78. The second-order valence-electron chi connectivity index (χ2n) is 3.98. The first-order valence-electron chi connectivity index (χ1n) is 5.76. The summed E-state index contributed by atoms with van der Waals surface area (Å²) in [5.41, 5.74) is 0.229.